The molecule has 1 amide bonds. The number of aryl methyl sites for hydroxylation is 2. The Labute approximate surface area is 181 Å². The highest BCUT2D eigenvalue weighted by molar-refractivity contribution is 5.93. The second-order valence-corrected chi connectivity index (χ2v) is 7.86. The summed E-state index contributed by atoms with van der Waals surface area (Å²) in [6.07, 6.45) is 0. The van der Waals surface area contributed by atoms with E-state index in [1.54, 1.807) is 19.1 Å². The van der Waals surface area contributed by atoms with E-state index in [0.29, 0.717) is 30.2 Å². The Balaban J connectivity index is 1.35. The highest BCUT2D eigenvalue weighted by atomic mass is 19.1. The van der Waals surface area contributed by atoms with Crippen LogP contribution in [0.5, 0.6) is 5.75 Å². The van der Waals surface area contributed by atoms with Gasteiger partial charge in [-0.2, -0.15) is 0 Å². The van der Waals surface area contributed by atoms with E-state index in [-0.39, 0.29) is 24.0 Å². The Kier molecular flexibility index (Phi) is 6.32. The average molecular weight is 423 g/mol. The Bertz CT molecular complexity index is 1020. The van der Waals surface area contributed by atoms with E-state index in [4.69, 9.17) is 9.26 Å². The number of aromatic nitrogens is 1. The number of piperazine rings is 1. The third-order valence-corrected chi connectivity index (χ3v) is 5.57. The van der Waals surface area contributed by atoms with Crippen LogP contribution < -0.4 is 4.74 Å². The number of ether oxygens (including phenoxy) is 1. The molecule has 0 radical (unpaired) electrons. The van der Waals surface area contributed by atoms with Crippen LogP contribution in [0.25, 0.3) is 0 Å². The number of carbonyl (C=O) groups excluding carboxylic acids is 1. The van der Waals surface area contributed by atoms with Gasteiger partial charge in [0.25, 0.3) is 5.91 Å². The van der Waals surface area contributed by atoms with Gasteiger partial charge in [-0.15, -0.1) is 0 Å². The molecule has 2 heterocycles. The summed E-state index contributed by atoms with van der Waals surface area (Å²) in [6, 6.07) is 14.3. The van der Waals surface area contributed by atoms with E-state index in [0.717, 1.165) is 19.6 Å². The van der Waals surface area contributed by atoms with Crippen LogP contribution in [0.2, 0.25) is 0 Å². The van der Waals surface area contributed by atoms with Crippen molar-refractivity contribution in [2.24, 2.45) is 0 Å². The number of amides is 1. The van der Waals surface area contributed by atoms with Gasteiger partial charge in [-0.25, -0.2) is 4.39 Å². The number of nitrogens with zero attached hydrogens (tertiary/aromatic N) is 3. The van der Waals surface area contributed by atoms with Gasteiger partial charge in [-0.3, -0.25) is 9.69 Å². The van der Waals surface area contributed by atoms with Crippen LogP contribution in [0, 0.1) is 19.7 Å². The zero-order chi connectivity index (χ0) is 21.8. The van der Waals surface area contributed by atoms with Gasteiger partial charge in [-0.1, -0.05) is 35.0 Å². The average Bonchev–Trinajstić information content (AvgIpc) is 3.15. The molecule has 162 valence electrons. The van der Waals surface area contributed by atoms with Gasteiger partial charge in [0.2, 0.25) is 0 Å². The Morgan fingerprint density at radius 1 is 1.03 bits per heavy atom. The molecule has 1 aliphatic rings. The van der Waals surface area contributed by atoms with E-state index in [2.05, 4.69) is 41.2 Å². The molecule has 1 saturated heterocycles. The standard InChI is InChI=1S/C24H26FN3O3/c1-17-3-5-19(6-4-17)15-27-11-13-28(14-12-27)24(29)23-22(18(2)31-26-23)16-30-21-9-7-20(25)8-10-21/h3-10H,11-16H2,1-2H3. The van der Waals surface area contributed by atoms with E-state index >= 15 is 0 Å². The van der Waals surface area contributed by atoms with Gasteiger partial charge in [-0.05, 0) is 43.7 Å². The summed E-state index contributed by atoms with van der Waals surface area (Å²) in [6.45, 7) is 7.72. The lowest BCUT2D eigenvalue weighted by molar-refractivity contribution is 0.0616. The van der Waals surface area contributed by atoms with Gasteiger partial charge in [0.1, 0.15) is 23.9 Å². The normalized spacial score (nSPS) is 14.6. The second-order valence-electron chi connectivity index (χ2n) is 7.86. The van der Waals surface area contributed by atoms with E-state index in [9.17, 15) is 9.18 Å². The molecule has 0 spiro atoms. The number of benzene rings is 2. The maximum absolute atomic E-state index is 13.1. The first-order valence-corrected chi connectivity index (χ1v) is 10.4. The largest absolute Gasteiger partial charge is 0.489 e. The first-order valence-electron chi connectivity index (χ1n) is 10.4. The van der Waals surface area contributed by atoms with Crippen molar-refractivity contribution >= 4 is 5.91 Å². The zero-order valence-corrected chi connectivity index (χ0v) is 17.8. The minimum Gasteiger partial charge on any atom is -0.489 e. The number of rotatable bonds is 6. The van der Waals surface area contributed by atoms with Crippen molar-refractivity contribution in [3.8, 4) is 5.75 Å². The Morgan fingerprint density at radius 3 is 2.39 bits per heavy atom. The maximum Gasteiger partial charge on any atom is 0.276 e. The molecule has 6 nitrogen and oxygen atoms in total. The fourth-order valence-corrected chi connectivity index (χ4v) is 3.63. The number of hydrogen-bond donors (Lipinski definition) is 0. The lowest BCUT2D eigenvalue weighted by atomic mass is 10.1. The molecule has 31 heavy (non-hydrogen) atoms. The van der Waals surface area contributed by atoms with Crippen molar-refractivity contribution in [1.82, 2.24) is 15.0 Å². The third kappa shape index (κ3) is 5.11. The van der Waals surface area contributed by atoms with Gasteiger partial charge < -0.3 is 14.2 Å². The van der Waals surface area contributed by atoms with Crippen LogP contribution in [-0.2, 0) is 13.2 Å². The highest BCUT2D eigenvalue weighted by Gasteiger charge is 2.28. The first kappa shape index (κ1) is 21.1. The molecule has 1 aromatic heterocycles. The van der Waals surface area contributed by atoms with E-state index in [1.807, 2.05) is 4.90 Å². The fraction of sp³-hybridized carbons (Fsp3) is 0.333. The third-order valence-electron chi connectivity index (χ3n) is 5.57. The van der Waals surface area contributed by atoms with Crippen LogP contribution in [0.3, 0.4) is 0 Å². The second kappa shape index (κ2) is 9.31. The van der Waals surface area contributed by atoms with Gasteiger partial charge >= 0.3 is 0 Å². The lowest BCUT2D eigenvalue weighted by Gasteiger charge is -2.34. The van der Waals surface area contributed by atoms with E-state index < -0.39 is 0 Å². The first-order chi connectivity index (χ1) is 15.0. The van der Waals surface area contributed by atoms with Crippen LogP contribution >= 0.6 is 0 Å². The molecule has 0 N–H and O–H groups in total. The summed E-state index contributed by atoms with van der Waals surface area (Å²) in [4.78, 5) is 17.2. The molecular weight excluding hydrogens is 397 g/mol. The SMILES string of the molecule is Cc1ccc(CN2CCN(C(=O)c3noc(C)c3COc3ccc(F)cc3)CC2)cc1. The van der Waals surface area contributed by atoms with Crippen molar-refractivity contribution in [3.63, 3.8) is 0 Å². The van der Waals surface area contributed by atoms with E-state index in [1.165, 1.54) is 23.3 Å². The van der Waals surface area contributed by atoms with Crippen molar-refractivity contribution < 1.29 is 18.4 Å². The van der Waals surface area contributed by atoms with Crippen LogP contribution in [0.15, 0.2) is 53.1 Å². The van der Waals surface area contributed by atoms with Crippen LogP contribution in [0.1, 0.15) is 32.9 Å². The summed E-state index contributed by atoms with van der Waals surface area (Å²) < 4.78 is 24.1. The molecule has 1 aliphatic heterocycles. The molecule has 4 rings (SSSR count). The molecule has 2 aromatic carbocycles. The predicted molar refractivity (Wildman–Crippen MR) is 114 cm³/mol. The van der Waals surface area contributed by atoms with Gasteiger partial charge in [0, 0.05) is 32.7 Å². The van der Waals surface area contributed by atoms with Crippen molar-refractivity contribution in [1.29, 1.82) is 0 Å². The molecule has 7 heteroatoms. The monoisotopic (exact) mass is 423 g/mol. The van der Waals surface area contributed by atoms with Crippen molar-refractivity contribution in [3.05, 3.63) is 82.5 Å². The summed E-state index contributed by atoms with van der Waals surface area (Å²) in [5.74, 6) is 0.587. The Morgan fingerprint density at radius 2 is 1.71 bits per heavy atom. The summed E-state index contributed by atoms with van der Waals surface area (Å²) in [7, 11) is 0. The Hall–Kier alpha value is -3.19. The lowest BCUT2D eigenvalue weighted by Crippen LogP contribution is -2.48. The topological polar surface area (TPSA) is 58.8 Å². The quantitative estimate of drug-likeness (QED) is 0.601. The molecule has 3 aromatic rings. The minimum atomic E-state index is -0.328. The highest BCUT2D eigenvalue weighted by Crippen LogP contribution is 2.20. The van der Waals surface area contributed by atoms with Crippen LogP contribution in [0.4, 0.5) is 4.39 Å². The summed E-state index contributed by atoms with van der Waals surface area (Å²) in [5.41, 5.74) is 3.43. The molecule has 1 fully saturated rings. The van der Waals surface area contributed by atoms with Crippen LogP contribution in [-0.4, -0.2) is 47.0 Å². The number of hydrogen-bond acceptors (Lipinski definition) is 5. The predicted octanol–water partition coefficient (Wildman–Crippen LogP) is 3.97. The summed E-state index contributed by atoms with van der Waals surface area (Å²) >= 11 is 0. The van der Waals surface area contributed by atoms with Crippen molar-refractivity contribution in [2.45, 2.75) is 27.0 Å². The van der Waals surface area contributed by atoms with Gasteiger partial charge in [0.05, 0.1) is 5.56 Å². The zero-order valence-electron chi connectivity index (χ0n) is 17.8. The smallest absolute Gasteiger partial charge is 0.276 e. The molecule has 0 aliphatic carbocycles. The fourth-order valence-electron chi connectivity index (χ4n) is 3.63. The molecule has 0 atom stereocenters. The molecule has 0 saturated carbocycles. The van der Waals surface area contributed by atoms with Gasteiger partial charge in [0.15, 0.2) is 5.69 Å². The number of carbonyl (C=O) groups is 1. The summed E-state index contributed by atoms with van der Waals surface area (Å²) in [5, 5.41) is 3.99. The minimum absolute atomic E-state index is 0.134. The number of halogens is 1. The molecule has 0 bridgehead atoms. The molecule has 0 unspecified atom stereocenters. The maximum atomic E-state index is 13.1. The molecular formula is C24H26FN3O3. The van der Waals surface area contributed by atoms with Crippen molar-refractivity contribution in [2.75, 3.05) is 26.2 Å².